The second-order valence-corrected chi connectivity index (χ2v) is 2.23. The number of Topliss-reactive ketones (excluding diaryl/α,β-unsaturated/α-hetero) is 1. The molecule has 0 amide bonds. The molecule has 0 saturated carbocycles. The van der Waals surface area contributed by atoms with Gasteiger partial charge in [-0.15, -0.1) is 0 Å². The van der Waals surface area contributed by atoms with E-state index in [0.29, 0.717) is 0 Å². The van der Waals surface area contributed by atoms with E-state index in [4.69, 9.17) is 0 Å². The van der Waals surface area contributed by atoms with E-state index in [2.05, 4.69) is 0 Å². The standard InChI is InChI=1S/C9H14O/c1-5-7(3)9(6-2)8(4)10/h5-6H,1-4H3/b7-5-,9-6+. The lowest BCUT2D eigenvalue weighted by Crippen LogP contribution is -1.96. The molecule has 0 atom stereocenters. The van der Waals surface area contributed by atoms with Crippen LogP contribution in [0.1, 0.15) is 27.7 Å². The number of carbonyl (C=O) groups is 1. The molecular formula is C9H14O. The van der Waals surface area contributed by atoms with Gasteiger partial charge in [0.2, 0.25) is 0 Å². The molecular weight excluding hydrogens is 124 g/mol. The largest absolute Gasteiger partial charge is 0.295 e. The number of hydrogen-bond acceptors (Lipinski definition) is 1. The molecule has 56 valence electrons. The number of carbonyl (C=O) groups excluding carboxylic acids is 1. The molecule has 0 saturated heterocycles. The molecule has 1 nitrogen and oxygen atoms in total. The first-order valence-electron chi connectivity index (χ1n) is 3.44. The van der Waals surface area contributed by atoms with Crippen LogP contribution in [0.5, 0.6) is 0 Å². The first-order chi connectivity index (χ1) is 4.63. The predicted octanol–water partition coefficient (Wildman–Crippen LogP) is 2.49. The van der Waals surface area contributed by atoms with Crippen molar-refractivity contribution in [2.75, 3.05) is 0 Å². The Morgan fingerprint density at radius 1 is 1.10 bits per heavy atom. The highest BCUT2D eigenvalue weighted by molar-refractivity contribution is 5.97. The fourth-order valence-corrected chi connectivity index (χ4v) is 0.864. The van der Waals surface area contributed by atoms with E-state index >= 15 is 0 Å². The summed E-state index contributed by atoms with van der Waals surface area (Å²) in [5, 5.41) is 0. The Morgan fingerprint density at radius 3 is 1.70 bits per heavy atom. The molecule has 0 bridgehead atoms. The van der Waals surface area contributed by atoms with E-state index in [0.717, 1.165) is 11.1 Å². The third-order valence-electron chi connectivity index (χ3n) is 1.53. The van der Waals surface area contributed by atoms with Gasteiger partial charge in [-0.2, -0.15) is 0 Å². The van der Waals surface area contributed by atoms with Crippen molar-refractivity contribution in [3.63, 3.8) is 0 Å². The Kier molecular flexibility index (Phi) is 3.70. The van der Waals surface area contributed by atoms with Gasteiger partial charge in [-0.25, -0.2) is 0 Å². The van der Waals surface area contributed by atoms with Crippen LogP contribution in [0.2, 0.25) is 0 Å². The Balaban J connectivity index is 4.56. The SMILES string of the molecule is C/C=C(C)\C(=C/C)C(C)=O. The fourth-order valence-electron chi connectivity index (χ4n) is 0.864. The van der Waals surface area contributed by atoms with Crippen LogP contribution in [-0.4, -0.2) is 5.78 Å². The highest BCUT2D eigenvalue weighted by atomic mass is 16.1. The summed E-state index contributed by atoms with van der Waals surface area (Å²) in [7, 11) is 0. The molecule has 0 heterocycles. The molecule has 10 heavy (non-hydrogen) atoms. The summed E-state index contributed by atoms with van der Waals surface area (Å²) in [6.45, 7) is 7.34. The zero-order valence-electron chi connectivity index (χ0n) is 7.06. The average molecular weight is 138 g/mol. The summed E-state index contributed by atoms with van der Waals surface area (Å²) < 4.78 is 0. The highest BCUT2D eigenvalue weighted by Gasteiger charge is 2.01. The van der Waals surface area contributed by atoms with Crippen LogP contribution in [0.25, 0.3) is 0 Å². The molecule has 0 aromatic heterocycles. The average Bonchev–Trinajstić information content (AvgIpc) is 1.88. The topological polar surface area (TPSA) is 17.1 Å². The van der Waals surface area contributed by atoms with Crippen molar-refractivity contribution in [3.05, 3.63) is 23.3 Å². The Bertz CT molecular complexity index is 185. The smallest absolute Gasteiger partial charge is 0.159 e. The lowest BCUT2D eigenvalue weighted by molar-refractivity contribution is -0.113. The van der Waals surface area contributed by atoms with E-state index in [1.165, 1.54) is 0 Å². The molecule has 0 aliphatic carbocycles. The summed E-state index contributed by atoms with van der Waals surface area (Å²) in [5.74, 6) is 0.137. The van der Waals surface area contributed by atoms with E-state index in [9.17, 15) is 4.79 Å². The van der Waals surface area contributed by atoms with Gasteiger partial charge in [-0.05, 0) is 33.3 Å². The molecule has 0 radical (unpaired) electrons. The maximum atomic E-state index is 10.9. The van der Waals surface area contributed by atoms with Crippen LogP contribution in [0, 0.1) is 0 Å². The zero-order chi connectivity index (χ0) is 8.15. The summed E-state index contributed by atoms with van der Waals surface area (Å²) in [6, 6.07) is 0. The van der Waals surface area contributed by atoms with Crippen LogP contribution < -0.4 is 0 Å². The quantitative estimate of drug-likeness (QED) is 0.423. The minimum Gasteiger partial charge on any atom is -0.295 e. The minimum atomic E-state index is 0.137. The molecule has 0 fully saturated rings. The molecule has 1 heteroatoms. The van der Waals surface area contributed by atoms with Gasteiger partial charge >= 0.3 is 0 Å². The predicted molar refractivity (Wildman–Crippen MR) is 43.9 cm³/mol. The van der Waals surface area contributed by atoms with Crippen LogP contribution in [0.15, 0.2) is 23.3 Å². The van der Waals surface area contributed by atoms with E-state index in [1.807, 2.05) is 32.9 Å². The monoisotopic (exact) mass is 138 g/mol. The first kappa shape index (κ1) is 9.15. The molecule has 0 aliphatic rings. The van der Waals surface area contributed by atoms with Crippen molar-refractivity contribution in [2.45, 2.75) is 27.7 Å². The van der Waals surface area contributed by atoms with Gasteiger partial charge in [-0.3, -0.25) is 4.79 Å². The molecule has 0 rings (SSSR count). The van der Waals surface area contributed by atoms with E-state index in [1.54, 1.807) is 6.92 Å². The minimum absolute atomic E-state index is 0.137. The van der Waals surface area contributed by atoms with Gasteiger partial charge in [0.25, 0.3) is 0 Å². The van der Waals surface area contributed by atoms with E-state index < -0.39 is 0 Å². The maximum absolute atomic E-state index is 10.9. The van der Waals surface area contributed by atoms with Crippen molar-refractivity contribution in [2.24, 2.45) is 0 Å². The zero-order valence-corrected chi connectivity index (χ0v) is 7.06. The molecule has 0 unspecified atom stereocenters. The number of allylic oxidation sites excluding steroid dienone is 4. The van der Waals surface area contributed by atoms with Crippen molar-refractivity contribution >= 4 is 5.78 Å². The van der Waals surface area contributed by atoms with Crippen molar-refractivity contribution in [1.82, 2.24) is 0 Å². The molecule has 0 aliphatic heterocycles. The fraction of sp³-hybridized carbons (Fsp3) is 0.444. The van der Waals surface area contributed by atoms with Crippen LogP contribution >= 0.6 is 0 Å². The second-order valence-electron chi connectivity index (χ2n) is 2.23. The van der Waals surface area contributed by atoms with Crippen LogP contribution in [0.3, 0.4) is 0 Å². The van der Waals surface area contributed by atoms with Crippen molar-refractivity contribution in [3.8, 4) is 0 Å². The third kappa shape index (κ3) is 2.18. The Hall–Kier alpha value is -0.850. The third-order valence-corrected chi connectivity index (χ3v) is 1.53. The molecule has 0 aromatic carbocycles. The number of rotatable bonds is 2. The van der Waals surface area contributed by atoms with Crippen LogP contribution in [-0.2, 0) is 4.79 Å². The Labute approximate surface area is 62.4 Å². The van der Waals surface area contributed by atoms with Gasteiger partial charge in [0.05, 0.1) is 0 Å². The summed E-state index contributed by atoms with van der Waals surface area (Å²) in [6.07, 6.45) is 3.79. The van der Waals surface area contributed by atoms with E-state index in [-0.39, 0.29) is 5.78 Å². The Morgan fingerprint density at radius 2 is 1.60 bits per heavy atom. The second kappa shape index (κ2) is 4.04. The van der Waals surface area contributed by atoms with Crippen LogP contribution in [0.4, 0.5) is 0 Å². The van der Waals surface area contributed by atoms with Gasteiger partial charge in [-0.1, -0.05) is 12.2 Å². The number of ketones is 1. The maximum Gasteiger partial charge on any atom is 0.159 e. The lowest BCUT2D eigenvalue weighted by Gasteiger charge is -2.00. The first-order valence-corrected chi connectivity index (χ1v) is 3.44. The summed E-state index contributed by atoms with van der Waals surface area (Å²) in [4.78, 5) is 10.9. The highest BCUT2D eigenvalue weighted by Crippen LogP contribution is 2.08. The molecule has 0 N–H and O–H groups in total. The van der Waals surface area contributed by atoms with Gasteiger partial charge in [0, 0.05) is 5.57 Å². The number of hydrogen-bond donors (Lipinski definition) is 0. The van der Waals surface area contributed by atoms with Crippen molar-refractivity contribution in [1.29, 1.82) is 0 Å². The molecule has 0 spiro atoms. The van der Waals surface area contributed by atoms with Gasteiger partial charge in [0.15, 0.2) is 5.78 Å². The lowest BCUT2D eigenvalue weighted by atomic mass is 10.0. The summed E-state index contributed by atoms with van der Waals surface area (Å²) in [5.41, 5.74) is 1.87. The van der Waals surface area contributed by atoms with Gasteiger partial charge in [0.1, 0.15) is 0 Å². The van der Waals surface area contributed by atoms with Crippen molar-refractivity contribution < 1.29 is 4.79 Å². The molecule has 0 aromatic rings. The van der Waals surface area contributed by atoms with Gasteiger partial charge < -0.3 is 0 Å². The summed E-state index contributed by atoms with van der Waals surface area (Å²) >= 11 is 0. The normalized spacial score (nSPS) is 13.6.